The molecule has 0 aliphatic rings. The van der Waals surface area contributed by atoms with Crippen LogP contribution in [0, 0.1) is 14.9 Å². The summed E-state index contributed by atoms with van der Waals surface area (Å²) in [6.07, 6.45) is 1.16. The number of benzene rings is 1. The lowest BCUT2D eigenvalue weighted by molar-refractivity contribution is -0.387. The van der Waals surface area contributed by atoms with Gasteiger partial charge in [-0.25, -0.2) is 8.99 Å². The predicted octanol–water partition coefficient (Wildman–Crippen LogP) is 1.63. The second-order valence-corrected chi connectivity index (χ2v) is 4.70. The van der Waals surface area contributed by atoms with Gasteiger partial charge in [-0.1, -0.05) is 12.1 Å². The lowest BCUT2D eigenvalue weighted by Gasteiger charge is -2.00. The van der Waals surface area contributed by atoms with Crippen molar-refractivity contribution >= 4 is 15.4 Å². The summed E-state index contributed by atoms with van der Waals surface area (Å²) in [5, 5.41) is 10.5. The topological polar surface area (TPSA) is 84.1 Å². The van der Waals surface area contributed by atoms with Gasteiger partial charge in [0.05, 0.1) is 14.7 Å². The molecule has 0 heterocycles. The van der Waals surface area contributed by atoms with Crippen LogP contribution in [0.15, 0.2) is 29.2 Å². The molecule has 1 atom stereocenters. The molecule has 0 spiro atoms. The van der Waals surface area contributed by atoms with Crippen LogP contribution < -0.4 is 0 Å². The molecule has 0 saturated heterocycles. The van der Waals surface area contributed by atoms with Crippen molar-refractivity contribution in [2.75, 3.05) is 6.26 Å². The first-order valence-electron chi connectivity index (χ1n) is 3.40. The number of nitrogens with zero attached hydrogens (tertiary/aromatic N) is 1. The fourth-order valence-electron chi connectivity index (χ4n) is 0.937. The van der Waals surface area contributed by atoms with Crippen LogP contribution >= 0.6 is 0 Å². The van der Waals surface area contributed by atoms with Gasteiger partial charge in [0.1, 0.15) is 4.90 Å². The number of nitro benzene ring substituents is 1. The molecular formula is C7H8N2O3S. The highest BCUT2D eigenvalue weighted by molar-refractivity contribution is 7.91. The molecule has 1 unspecified atom stereocenters. The summed E-state index contributed by atoms with van der Waals surface area (Å²) >= 11 is 0. The Balaban J connectivity index is 3.46. The Bertz CT molecular complexity index is 439. The van der Waals surface area contributed by atoms with Crippen molar-refractivity contribution in [1.29, 1.82) is 4.78 Å². The van der Waals surface area contributed by atoms with Gasteiger partial charge in [0.2, 0.25) is 0 Å². The van der Waals surface area contributed by atoms with E-state index in [4.69, 9.17) is 4.78 Å². The van der Waals surface area contributed by atoms with Gasteiger partial charge in [0.25, 0.3) is 5.69 Å². The number of para-hydroxylation sites is 1. The van der Waals surface area contributed by atoms with Crippen molar-refractivity contribution in [2.45, 2.75) is 4.90 Å². The molecular weight excluding hydrogens is 192 g/mol. The highest BCUT2D eigenvalue weighted by Gasteiger charge is 2.17. The van der Waals surface area contributed by atoms with Crippen LogP contribution in [0.4, 0.5) is 5.69 Å². The molecule has 0 amide bonds. The van der Waals surface area contributed by atoms with Gasteiger partial charge in [-0.15, -0.1) is 0 Å². The van der Waals surface area contributed by atoms with Crippen molar-refractivity contribution in [1.82, 2.24) is 0 Å². The highest BCUT2D eigenvalue weighted by atomic mass is 32.2. The number of rotatable bonds is 2. The predicted molar refractivity (Wildman–Crippen MR) is 48.1 cm³/mol. The molecule has 6 heteroatoms. The zero-order valence-corrected chi connectivity index (χ0v) is 7.71. The maximum absolute atomic E-state index is 11.3. The second-order valence-electron chi connectivity index (χ2n) is 2.57. The molecule has 0 aromatic heterocycles. The summed E-state index contributed by atoms with van der Waals surface area (Å²) in [7, 11) is -3.02. The number of hydrogen-bond acceptors (Lipinski definition) is 4. The maximum Gasteiger partial charge on any atom is 0.286 e. The van der Waals surface area contributed by atoms with Gasteiger partial charge in [0, 0.05) is 12.3 Å². The van der Waals surface area contributed by atoms with Crippen LogP contribution in [-0.4, -0.2) is 15.4 Å². The molecule has 1 aromatic carbocycles. The third-order valence-corrected chi connectivity index (χ3v) is 2.67. The van der Waals surface area contributed by atoms with E-state index in [1.54, 1.807) is 0 Å². The van der Waals surface area contributed by atoms with E-state index >= 15 is 0 Å². The summed E-state index contributed by atoms with van der Waals surface area (Å²) in [6.45, 7) is 0. The van der Waals surface area contributed by atoms with E-state index in [9.17, 15) is 14.3 Å². The Morgan fingerprint density at radius 2 is 2.00 bits per heavy atom. The largest absolute Gasteiger partial charge is 0.286 e. The van der Waals surface area contributed by atoms with E-state index < -0.39 is 14.7 Å². The standard InChI is InChI=1S/C7H8N2O3S/c1-13(8,12)7-5-3-2-4-6(7)9(10)11/h2-5,8H,1H3. The van der Waals surface area contributed by atoms with Gasteiger partial charge in [-0.3, -0.25) is 10.1 Å². The Labute approximate surface area is 75.5 Å². The quantitative estimate of drug-likeness (QED) is 0.581. The lowest BCUT2D eigenvalue weighted by Crippen LogP contribution is -2.00. The summed E-state index contributed by atoms with van der Waals surface area (Å²) in [6, 6.07) is 5.59. The number of hydrogen-bond donors (Lipinski definition) is 1. The zero-order chi connectivity index (χ0) is 10.1. The van der Waals surface area contributed by atoms with Crippen LogP contribution in [0.25, 0.3) is 0 Å². The van der Waals surface area contributed by atoms with Gasteiger partial charge in [0.15, 0.2) is 0 Å². The highest BCUT2D eigenvalue weighted by Crippen LogP contribution is 2.22. The first-order valence-corrected chi connectivity index (χ1v) is 5.37. The average Bonchev–Trinajstić information content (AvgIpc) is 2.03. The Morgan fingerprint density at radius 1 is 1.46 bits per heavy atom. The van der Waals surface area contributed by atoms with Gasteiger partial charge < -0.3 is 0 Å². The van der Waals surface area contributed by atoms with Crippen molar-refractivity contribution in [3.63, 3.8) is 0 Å². The molecule has 0 fully saturated rings. The normalized spacial score (nSPS) is 14.8. The minimum Gasteiger partial charge on any atom is -0.258 e. The summed E-state index contributed by atoms with van der Waals surface area (Å²) in [5.41, 5.74) is -0.259. The molecule has 1 aromatic rings. The molecule has 1 rings (SSSR count). The van der Waals surface area contributed by atoms with E-state index in [2.05, 4.69) is 0 Å². The minimum absolute atomic E-state index is 0.0278. The van der Waals surface area contributed by atoms with E-state index in [0.29, 0.717) is 0 Å². The molecule has 0 aliphatic heterocycles. The third kappa shape index (κ3) is 2.03. The van der Waals surface area contributed by atoms with Crippen LogP contribution in [0.1, 0.15) is 0 Å². The molecule has 0 radical (unpaired) electrons. The Kier molecular flexibility index (Phi) is 2.33. The van der Waals surface area contributed by atoms with Crippen LogP contribution in [0.5, 0.6) is 0 Å². The van der Waals surface area contributed by atoms with Gasteiger partial charge in [-0.2, -0.15) is 0 Å². The maximum atomic E-state index is 11.3. The fraction of sp³-hybridized carbons (Fsp3) is 0.143. The second kappa shape index (κ2) is 3.14. The third-order valence-electron chi connectivity index (χ3n) is 1.48. The summed E-state index contributed by atoms with van der Waals surface area (Å²) < 4.78 is 18.5. The smallest absolute Gasteiger partial charge is 0.258 e. The first kappa shape index (κ1) is 9.66. The van der Waals surface area contributed by atoms with Crippen molar-refractivity contribution < 1.29 is 9.13 Å². The Hall–Kier alpha value is -1.43. The fourth-order valence-corrected chi connectivity index (χ4v) is 1.82. The van der Waals surface area contributed by atoms with Crippen LogP contribution in [0.3, 0.4) is 0 Å². The monoisotopic (exact) mass is 200 g/mol. The van der Waals surface area contributed by atoms with Crippen LogP contribution in [-0.2, 0) is 9.73 Å². The lowest BCUT2D eigenvalue weighted by atomic mass is 10.3. The Morgan fingerprint density at radius 3 is 2.38 bits per heavy atom. The van der Waals surface area contributed by atoms with Crippen LogP contribution in [0.2, 0.25) is 0 Å². The van der Waals surface area contributed by atoms with E-state index in [1.165, 1.54) is 24.3 Å². The SMILES string of the molecule is CS(=N)(=O)c1ccccc1[N+](=O)[O-]. The average molecular weight is 200 g/mol. The van der Waals surface area contributed by atoms with Crippen molar-refractivity contribution in [2.24, 2.45) is 0 Å². The first-order chi connectivity index (χ1) is 5.93. The minimum atomic E-state index is -3.02. The molecule has 0 aliphatic carbocycles. The molecule has 0 saturated carbocycles. The van der Waals surface area contributed by atoms with E-state index in [-0.39, 0.29) is 10.6 Å². The van der Waals surface area contributed by atoms with Gasteiger partial charge in [-0.05, 0) is 6.07 Å². The summed E-state index contributed by atoms with van der Waals surface area (Å²) in [5.74, 6) is 0. The molecule has 13 heavy (non-hydrogen) atoms. The molecule has 70 valence electrons. The molecule has 5 nitrogen and oxygen atoms in total. The van der Waals surface area contributed by atoms with E-state index in [1.807, 2.05) is 0 Å². The number of nitrogens with one attached hydrogen (secondary N) is 1. The zero-order valence-electron chi connectivity index (χ0n) is 6.89. The molecule has 0 bridgehead atoms. The number of nitro groups is 1. The molecule has 1 N–H and O–H groups in total. The summed E-state index contributed by atoms with van der Waals surface area (Å²) in [4.78, 5) is 9.81. The van der Waals surface area contributed by atoms with Gasteiger partial charge >= 0.3 is 0 Å². The van der Waals surface area contributed by atoms with E-state index in [0.717, 1.165) is 6.26 Å². The van der Waals surface area contributed by atoms with Crippen molar-refractivity contribution in [3.05, 3.63) is 34.4 Å². The van der Waals surface area contributed by atoms with Crippen molar-refractivity contribution in [3.8, 4) is 0 Å².